The second-order valence-electron chi connectivity index (χ2n) is 8.60. The van der Waals surface area contributed by atoms with Crippen LogP contribution in [0.2, 0.25) is 0 Å². The number of aromatic nitrogens is 2. The molecule has 5 rings (SSSR count). The molecule has 0 spiro atoms. The molecule has 3 aromatic rings. The highest BCUT2D eigenvalue weighted by molar-refractivity contribution is 7.12. The number of nitrogens with one attached hydrogen (secondary N) is 1. The summed E-state index contributed by atoms with van der Waals surface area (Å²) in [5, 5.41) is 0.449. The lowest BCUT2D eigenvalue weighted by Gasteiger charge is -2.36. The normalized spacial score (nSPS) is 17.2. The van der Waals surface area contributed by atoms with E-state index in [4.69, 9.17) is 0 Å². The number of hydrogen-bond acceptors (Lipinski definition) is 6. The first-order chi connectivity index (χ1) is 15.4. The Kier molecular flexibility index (Phi) is 6.69. The summed E-state index contributed by atoms with van der Waals surface area (Å²) < 4.78 is 19.9. The van der Waals surface area contributed by atoms with E-state index in [1.807, 2.05) is 19.9 Å². The van der Waals surface area contributed by atoms with Gasteiger partial charge in [0, 0.05) is 50.7 Å². The van der Waals surface area contributed by atoms with E-state index >= 15 is 4.39 Å². The minimum Gasteiger partial charge on any atom is -0.367 e. The number of rotatable bonds is 5. The number of fused-ring (bicyclic) bond motifs is 2. The lowest BCUT2D eigenvalue weighted by Crippen LogP contribution is -2.48. The quantitative estimate of drug-likeness (QED) is 0.633. The minimum absolute atomic E-state index is 0.154. The summed E-state index contributed by atoms with van der Waals surface area (Å²) >= 11 is 1.20. The fourth-order valence-electron chi connectivity index (χ4n) is 4.33. The number of halogens is 1. The fraction of sp³-hybridized carbons (Fsp3) is 0.565. The Morgan fingerprint density at radius 3 is 2.44 bits per heavy atom. The van der Waals surface area contributed by atoms with E-state index in [1.165, 1.54) is 17.6 Å². The maximum atomic E-state index is 15.1. The molecule has 7 nitrogen and oxygen atoms in total. The predicted octanol–water partition coefficient (Wildman–Crippen LogP) is 3.09. The molecule has 0 amide bonds. The van der Waals surface area contributed by atoms with Crippen molar-refractivity contribution >= 4 is 38.3 Å². The Bertz CT molecular complexity index is 1220. The largest absolute Gasteiger partial charge is 0.367 e. The van der Waals surface area contributed by atoms with Gasteiger partial charge in [-0.25, -0.2) is 4.39 Å². The van der Waals surface area contributed by atoms with Crippen LogP contribution in [0, 0.1) is 5.82 Å². The zero-order chi connectivity index (χ0) is 23.0. The number of piperazine rings is 1. The maximum absolute atomic E-state index is 15.1. The van der Waals surface area contributed by atoms with Crippen LogP contribution in [0.15, 0.2) is 21.7 Å². The number of nitrogens with zero attached hydrogens (tertiary/aromatic N) is 4. The van der Waals surface area contributed by atoms with Crippen LogP contribution in [0.3, 0.4) is 0 Å². The van der Waals surface area contributed by atoms with Crippen molar-refractivity contribution in [2.24, 2.45) is 0 Å². The monoisotopic (exact) mass is 461 g/mol. The first-order valence-corrected chi connectivity index (χ1v) is 12.3. The van der Waals surface area contributed by atoms with Gasteiger partial charge in [0.05, 0.1) is 11.2 Å². The average molecular weight is 462 g/mol. The number of hydrogen-bond donors (Lipinski definition) is 1. The third kappa shape index (κ3) is 4.21. The van der Waals surface area contributed by atoms with E-state index in [0.29, 0.717) is 15.9 Å². The molecule has 1 saturated heterocycles. The summed E-state index contributed by atoms with van der Waals surface area (Å²) in [4.78, 5) is 32.5. The van der Waals surface area contributed by atoms with Gasteiger partial charge in [0.1, 0.15) is 16.0 Å². The molecule has 3 heterocycles. The van der Waals surface area contributed by atoms with E-state index < -0.39 is 5.82 Å². The van der Waals surface area contributed by atoms with E-state index in [2.05, 4.69) is 37.7 Å². The molecular formula is C23H32FN5O2S. The van der Waals surface area contributed by atoms with E-state index in [-0.39, 0.29) is 22.4 Å². The highest BCUT2D eigenvalue weighted by Gasteiger charge is 2.30. The Morgan fingerprint density at radius 2 is 1.81 bits per heavy atom. The van der Waals surface area contributed by atoms with Crippen molar-refractivity contribution in [1.82, 2.24) is 18.7 Å². The molecule has 1 aliphatic heterocycles. The summed E-state index contributed by atoms with van der Waals surface area (Å²) in [5.41, 5.74) is 0.524. The second-order valence-corrected chi connectivity index (χ2v) is 9.39. The SMILES string of the molecule is CC.CN(C)CCN1CCN(c2cc3c(cc2F)c(=O)c2c(=O)[nH]sc2n3C2CC2)CC1. The molecule has 0 radical (unpaired) electrons. The van der Waals surface area contributed by atoms with E-state index in [0.717, 1.165) is 57.6 Å². The van der Waals surface area contributed by atoms with Crippen LogP contribution in [0.1, 0.15) is 32.7 Å². The Hall–Kier alpha value is -2.23. The summed E-state index contributed by atoms with van der Waals surface area (Å²) in [7, 11) is 4.14. The summed E-state index contributed by atoms with van der Waals surface area (Å²) in [6.07, 6.45) is 2.02. The smallest absolute Gasteiger partial charge is 0.271 e. The Balaban J connectivity index is 0.00000119. The van der Waals surface area contributed by atoms with Gasteiger partial charge in [-0.2, -0.15) is 0 Å². The van der Waals surface area contributed by atoms with Crippen molar-refractivity contribution in [2.45, 2.75) is 32.7 Å². The van der Waals surface area contributed by atoms with Crippen LogP contribution in [0.4, 0.5) is 10.1 Å². The fourth-order valence-corrected chi connectivity index (χ4v) is 5.26. The van der Waals surface area contributed by atoms with Gasteiger partial charge in [0.25, 0.3) is 5.56 Å². The maximum Gasteiger partial charge on any atom is 0.271 e. The van der Waals surface area contributed by atoms with Gasteiger partial charge in [-0.1, -0.05) is 13.8 Å². The summed E-state index contributed by atoms with van der Waals surface area (Å²) in [5.74, 6) is -0.394. The standard InChI is InChI=1S/C21H26FN5O2S.C2H6/c1-24(2)5-6-25-7-9-26(10-8-25)17-12-16-14(11-15(17)22)19(28)18-20(29)23-30-21(18)27(16)13-3-4-13;1-2/h11-13H,3-10H2,1-2H3,(H,23,29);1-2H3. The number of pyridine rings is 1. The average Bonchev–Trinajstić information content (AvgIpc) is 3.56. The van der Waals surface area contributed by atoms with Crippen LogP contribution in [-0.4, -0.2) is 72.1 Å². The van der Waals surface area contributed by atoms with Gasteiger partial charge in [0.2, 0.25) is 5.43 Å². The Morgan fingerprint density at radius 1 is 1.12 bits per heavy atom. The molecule has 1 aliphatic carbocycles. The van der Waals surface area contributed by atoms with Gasteiger partial charge in [-0.05, 0) is 50.6 Å². The first-order valence-electron chi connectivity index (χ1n) is 11.4. The molecule has 1 saturated carbocycles. The van der Waals surface area contributed by atoms with Gasteiger partial charge >= 0.3 is 0 Å². The third-order valence-electron chi connectivity index (χ3n) is 6.18. The lowest BCUT2D eigenvalue weighted by molar-refractivity contribution is 0.229. The van der Waals surface area contributed by atoms with E-state index in [9.17, 15) is 9.59 Å². The molecule has 1 N–H and O–H groups in total. The van der Waals surface area contributed by atoms with Gasteiger partial charge in [-0.15, -0.1) is 0 Å². The molecule has 2 fully saturated rings. The van der Waals surface area contributed by atoms with Crippen molar-refractivity contribution in [1.29, 1.82) is 0 Å². The van der Waals surface area contributed by atoms with Crippen LogP contribution in [-0.2, 0) is 0 Å². The van der Waals surface area contributed by atoms with Gasteiger partial charge in [-0.3, -0.25) is 18.9 Å². The zero-order valence-corrected chi connectivity index (χ0v) is 20.1. The number of benzene rings is 1. The van der Waals surface area contributed by atoms with Crippen LogP contribution in [0.25, 0.3) is 21.1 Å². The number of H-pyrrole nitrogens is 1. The molecule has 2 aromatic heterocycles. The summed E-state index contributed by atoms with van der Waals surface area (Å²) in [6, 6.07) is 3.42. The molecule has 2 aliphatic rings. The molecule has 0 bridgehead atoms. The van der Waals surface area contributed by atoms with E-state index in [1.54, 1.807) is 0 Å². The van der Waals surface area contributed by atoms with Crippen molar-refractivity contribution in [3.63, 3.8) is 0 Å². The molecule has 174 valence electrons. The predicted molar refractivity (Wildman–Crippen MR) is 131 cm³/mol. The van der Waals surface area contributed by atoms with Crippen LogP contribution < -0.4 is 15.9 Å². The molecule has 0 unspecified atom stereocenters. The lowest BCUT2D eigenvalue weighted by atomic mass is 10.1. The molecular weight excluding hydrogens is 429 g/mol. The summed E-state index contributed by atoms with van der Waals surface area (Å²) in [6.45, 7) is 9.30. The molecule has 1 aromatic carbocycles. The first kappa shape index (κ1) is 22.9. The molecule has 9 heteroatoms. The van der Waals surface area contributed by atoms with Crippen molar-refractivity contribution in [3.8, 4) is 0 Å². The number of aromatic amines is 1. The van der Waals surface area contributed by atoms with Gasteiger partial charge < -0.3 is 14.4 Å². The van der Waals surface area contributed by atoms with Gasteiger partial charge in [0.15, 0.2) is 0 Å². The Labute approximate surface area is 191 Å². The topological polar surface area (TPSA) is 64.6 Å². The highest BCUT2D eigenvalue weighted by atomic mass is 32.1. The minimum atomic E-state index is -0.394. The molecule has 0 atom stereocenters. The van der Waals surface area contributed by atoms with Crippen molar-refractivity contribution in [3.05, 3.63) is 38.5 Å². The van der Waals surface area contributed by atoms with Crippen LogP contribution >= 0.6 is 11.5 Å². The highest BCUT2D eigenvalue weighted by Crippen LogP contribution is 2.40. The molecule has 32 heavy (non-hydrogen) atoms. The zero-order valence-electron chi connectivity index (χ0n) is 19.3. The third-order valence-corrected chi connectivity index (χ3v) is 7.07. The second kappa shape index (κ2) is 9.33. The number of anilines is 1. The van der Waals surface area contributed by atoms with Crippen LogP contribution in [0.5, 0.6) is 0 Å². The van der Waals surface area contributed by atoms with Crippen molar-refractivity contribution < 1.29 is 4.39 Å². The number of likely N-dealkylation sites (N-methyl/N-ethyl adjacent to an activating group) is 1. The van der Waals surface area contributed by atoms with Crippen molar-refractivity contribution in [2.75, 3.05) is 58.3 Å².